The van der Waals surface area contributed by atoms with E-state index in [0.29, 0.717) is 29.8 Å². The average molecular weight is 487 g/mol. The first kappa shape index (κ1) is 22.8. The highest BCUT2D eigenvalue weighted by Crippen LogP contribution is 2.34. The fraction of sp³-hybridized carbons (Fsp3) is 0.304. The zero-order chi connectivity index (χ0) is 24.6. The van der Waals surface area contributed by atoms with Crippen molar-refractivity contribution in [1.82, 2.24) is 29.5 Å². The largest absolute Gasteiger partial charge is 0.573 e. The first-order valence-corrected chi connectivity index (χ1v) is 11.0. The third kappa shape index (κ3) is 5.10. The summed E-state index contributed by atoms with van der Waals surface area (Å²) in [6, 6.07) is 10.4. The fourth-order valence-corrected chi connectivity index (χ4v) is 4.15. The maximum atomic E-state index is 14.7. The van der Waals surface area contributed by atoms with Crippen LogP contribution in [0, 0.1) is 12.7 Å². The van der Waals surface area contributed by atoms with Crippen molar-refractivity contribution in [3.8, 4) is 11.4 Å². The van der Waals surface area contributed by atoms with E-state index >= 15 is 0 Å². The number of rotatable bonds is 5. The Bertz CT molecular complexity index is 1330. The molecule has 0 radical (unpaired) electrons. The van der Waals surface area contributed by atoms with E-state index in [9.17, 15) is 17.6 Å². The third-order valence-corrected chi connectivity index (χ3v) is 5.70. The lowest BCUT2D eigenvalue weighted by Crippen LogP contribution is -2.17. The SMILES string of the molecule is Cc1ncn(-c2ccc(Nc3nc4n(n3)CCCC[C@H]4c3ccc(OC(F)(F)F)cc3)cc2F)n1. The molecule has 0 amide bonds. The topological polar surface area (TPSA) is 82.7 Å². The molecular formula is C23H21F4N7O. The molecule has 0 saturated heterocycles. The van der Waals surface area contributed by atoms with Gasteiger partial charge in [0.05, 0.1) is 0 Å². The summed E-state index contributed by atoms with van der Waals surface area (Å²) in [6.07, 6.45) is -0.707. The summed E-state index contributed by atoms with van der Waals surface area (Å²) in [5.74, 6) is 0.643. The van der Waals surface area contributed by atoms with Crippen molar-refractivity contribution in [2.24, 2.45) is 0 Å². The van der Waals surface area contributed by atoms with Crippen molar-refractivity contribution in [1.29, 1.82) is 0 Å². The Kier molecular flexibility index (Phi) is 5.87. The molecule has 1 aliphatic heterocycles. The summed E-state index contributed by atoms with van der Waals surface area (Å²) >= 11 is 0. The first-order valence-electron chi connectivity index (χ1n) is 11.0. The standard InChI is InChI=1S/C23H21F4N7O/c1-14-28-13-34(31-14)20-10-7-16(12-19(20)24)29-22-30-21-18(4-2-3-11-33(21)32-22)15-5-8-17(9-6-15)35-23(25,26)27/h5-10,12-13,18H,2-4,11H2,1H3,(H,29,32)/t18-/m0/s1. The van der Waals surface area contributed by atoms with Gasteiger partial charge in [-0.25, -0.2) is 18.7 Å². The van der Waals surface area contributed by atoms with Gasteiger partial charge in [0.25, 0.3) is 0 Å². The number of anilines is 2. The monoisotopic (exact) mass is 487 g/mol. The smallest absolute Gasteiger partial charge is 0.406 e. The van der Waals surface area contributed by atoms with Crippen LogP contribution in [0.5, 0.6) is 5.75 Å². The molecule has 35 heavy (non-hydrogen) atoms. The van der Waals surface area contributed by atoms with Crippen LogP contribution in [0.15, 0.2) is 48.8 Å². The number of ether oxygens (including phenoxy) is 1. The van der Waals surface area contributed by atoms with Crippen LogP contribution in [0.4, 0.5) is 29.2 Å². The van der Waals surface area contributed by atoms with Crippen LogP contribution < -0.4 is 10.1 Å². The van der Waals surface area contributed by atoms with Crippen molar-refractivity contribution in [2.45, 2.75) is 45.0 Å². The molecule has 0 aliphatic carbocycles. The minimum atomic E-state index is -4.74. The molecular weight excluding hydrogens is 466 g/mol. The highest BCUT2D eigenvalue weighted by Gasteiger charge is 2.31. The van der Waals surface area contributed by atoms with Crippen LogP contribution in [-0.2, 0) is 6.54 Å². The predicted molar refractivity (Wildman–Crippen MR) is 118 cm³/mol. The van der Waals surface area contributed by atoms with Crippen molar-refractivity contribution < 1.29 is 22.3 Å². The van der Waals surface area contributed by atoms with Gasteiger partial charge in [-0.3, -0.25) is 0 Å². The lowest BCUT2D eigenvalue weighted by Gasteiger charge is -2.15. The van der Waals surface area contributed by atoms with E-state index in [1.165, 1.54) is 29.2 Å². The normalized spacial score (nSPS) is 16.0. The van der Waals surface area contributed by atoms with Gasteiger partial charge in [-0.2, -0.15) is 10.1 Å². The van der Waals surface area contributed by atoms with E-state index < -0.39 is 12.2 Å². The maximum Gasteiger partial charge on any atom is 0.573 e. The Morgan fingerprint density at radius 2 is 1.86 bits per heavy atom. The van der Waals surface area contributed by atoms with Gasteiger partial charge < -0.3 is 10.1 Å². The molecule has 1 aliphatic rings. The van der Waals surface area contributed by atoms with E-state index in [2.05, 4.69) is 30.2 Å². The van der Waals surface area contributed by atoms with Gasteiger partial charge >= 0.3 is 6.36 Å². The summed E-state index contributed by atoms with van der Waals surface area (Å²) in [5.41, 5.74) is 1.55. The average Bonchev–Trinajstić information content (AvgIpc) is 3.34. The van der Waals surface area contributed by atoms with Crippen LogP contribution in [0.3, 0.4) is 0 Å². The first-order chi connectivity index (χ1) is 16.7. The Labute approximate surface area is 197 Å². The van der Waals surface area contributed by atoms with Gasteiger partial charge in [-0.1, -0.05) is 18.6 Å². The highest BCUT2D eigenvalue weighted by molar-refractivity contribution is 5.56. The molecule has 0 unspecified atom stereocenters. The number of fused-ring (bicyclic) bond motifs is 1. The molecule has 4 aromatic rings. The number of aromatic nitrogens is 6. The van der Waals surface area contributed by atoms with Gasteiger partial charge in [0.15, 0.2) is 5.82 Å². The van der Waals surface area contributed by atoms with E-state index in [1.54, 1.807) is 35.9 Å². The van der Waals surface area contributed by atoms with Crippen LogP contribution in [0.2, 0.25) is 0 Å². The van der Waals surface area contributed by atoms with E-state index in [0.717, 1.165) is 24.8 Å². The minimum Gasteiger partial charge on any atom is -0.406 e. The lowest BCUT2D eigenvalue weighted by molar-refractivity contribution is -0.274. The summed E-state index contributed by atoms with van der Waals surface area (Å²) < 4.78 is 59.3. The lowest BCUT2D eigenvalue weighted by atomic mass is 9.93. The molecule has 12 heteroatoms. The predicted octanol–water partition coefficient (Wildman–Crippen LogP) is 5.26. The molecule has 3 heterocycles. The van der Waals surface area contributed by atoms with E-state index in [4.69, 9.17) is 0 Å². The molecule has 8 nitrogen and oxygen atoms in total. The molecule has 1 N–H and O–H groups in total. The maximum absolute atomic E-state index is 14.7. The molecule has 0 saturated carbocycles. The Morgan fingerprint density at radius 1 is 1.06 bits per heavy atom. The van der Waals surface area contributed by atoms with Crippen LogP contribution >= 0.6 is 0 Å². The number of alkyl halides is 3. The summed E-state index contributed by atoms with van der Waals surface area (Å²) in [5, 5.41) is 11.7. The number of nitrogens with one attached hydrogen (secondary N) is 1. The van der Waals surface area contributed by atoms with Crippen LogP contribution in [-0.4, -0.2) is 35.9 Å². The second kappa shape index (κ2) is 9.01. The minimum absolute atomic E-state index is 0.143. The van der Waals surface area contributed by atoms with Crippen molar-refractivity contribution in [3.63, 3.8) is 0 Å². The molecule has 0 spiro atoms. The zero-order valence-electron chi connectivity index (χ0n) is 18.6. The van der Waals surface area contributed by atoms with Crippen molar-refractivity contribution >= 4 is 11.6 Å². The summed E-state index contributed by atoms with van der Waals surface area (Å²) in [4.78, 5) is 8.65. The number of halogens is 4. The Hall–Kier alpha value is -3.96. The third-order valence-electron chi connectivity index (χ3n) is 5.70. The quantitative estimate of drug-likeness (QED) is 0.387. The van der Waals surface area contributed by atoms with Crippen molar-refractivity contribution in [2.75, 3.05) is 5.32 Å². The zero-order valence-corrected chi connectivity index (χ0v) is 18.6. The van der Waals surface area contributed by atoms with E-state index in [-0.39, 0.29) is 17.4 Å². The van der Waals surface area contributed by atoms with Crippen molar-refractivity contribution in [3.05, 3.63) is 71.8 Å². The molecule has 0 fully saturated rings. The molecule has 182 valence electrons. The number of hydrogen-bond acceptors (Lipinski definition) is 6. The van der Waals surface area contributed by atoms with Crippen LogP contribution in [0.25, 0.3) is 5.69 Å². The molecule has 0 bridgehead atoms. The molecule has 5 rings (SSSR count). The van der Waals surface area contributed by atoms with Gasteiger partial charge in [-0.05, 0) is 55.7 Å². The highest BCUT2D eigenvalue weighted by atomic mass is 19.4. The van der Waals surface area contributed by atoms with Gasteiger partial charge in [-0.15, -0.1) is 18.3 Å². The fourth-order valence-electron chi connectivity index (χ4n) is 4.15. The Morgan fingerprint density at radius 3 is 2.54 bits per heavy atom. The summed E-state index contributed by atoms with van der Waals surface area (Å²) in [7, 11) is 0. The molecule has 2 aromatic heterocycles. The van der Waals surface area contributed by atoms with Gasteiger partial charge in [0, 0.05) is 18.2 Å². The number of aryl methyl sites for hydroxylation is 2. The van der Waals surface area contributed by atoms with Gasteiger partial charge in [0.1, 0.15) is 29.4 Å². The molecule has 2 aromatic carbocycles. The Balaban J connectivity index is 1.37. The number of benzene rings is 2. The number of nitrogens with zero attached hydrogens (tertiary/aromatic N) is 6. The second-order valence-corrected chi connectivity index (χ2v) is 8.21. The van der Waals surface area contributed by atoms with Gasteiger partial charge in [0.2, 0.25) is 5.95 Å². The summed E-state index contributed by atoms with van der Waals surface area (Å²) in [6.45, 7) is 2.38. The molecule has 1 atom stereocenters. The second-order valence-electron chi connectivity index (χ2n) is 8.21. The number of hydrogen-bond donors (Lipinski definition) is 1. The van der Waals surface area contributed by atoms with E-state index in [1.807, 2.05) is 0 Å². The van der Waals surface area contributed by atoms with Crippen LogP contribution in [0.1, 0.15) is 42.4 Å².